The van der Waals surface area contributed by atoms with Gasteiger partial charge in [-0.1, -0.05) is 45.0 Å². The number of benzene rings is 2. The monoisotopic (exact) mass is 347 g/mol. The molecule has 0 aliphatic heterocycles. The first-order chi connectivity index (χ1) is 11.7. The fourth-order valence-corrected chi connectivity index (χ4v) is 3.92. The van der Waals surface area contributed by atoms with Crippen LogP contribution in [-0.2, 0) is 5.41 Å². The standard InChI is InChI=1S/C20H20F3NO/c1-11-10-20(2,3)13-7-5-9-15(16(11)13)24-19(25)17-12(18(22)23)6-4-8-14(17)21/h4-9,11,18H,10H2,1-3H3,(H,24,25). The summed E-state index contributed by atoms with van der Waals surface area (Å²) < 4.78 is 40.3. The smallest absolute Gasteiger partial charge is 0.264 e. The minimum Gasteiger partial charge on any atom is -0.322 e. The Bertz CT molecular complexity index is 830. The van der Waals surface area contributed by atoms with E-state index in [1.54, 1.807) is 6.07 Å². The van der Waals surface area contributed by atoms with Crippen molar-refractivity contribution in [2.24, 2.45) is 0 Å². The summed E-state index contributed by atoms with van der Waals surface area (Å²) in [6.07, 6.45) is -1.99. The third-order valence-electron chi connectivity index (χ3n) is 4.90. The largest absolute Gasteiger partial charge is 0.322 e. The van der Waals surface area contributed by atoms with Crippen LogP contribution in [0.4, 0.5) is 18.9 Å². The number of carbonyl (C=O) groups excluding carboxylic acids is 1. The molecule has 25 heavy (non-hydrogen) atoms. The maximum Gasteiger partial charge on any atom is 0.264 e. The van der Waals surface area contributed by atoms with Crippen molar-refractivity contribution in [2.75, 3.05) is 5.32 Å². The Morgan fingerprint density at radius 2 is 1.88 bits per heavy atom. The maximum atomic E-state index is 14.0. The van der Waals surface area contributed by atoms with Crippen LogP contribution in [-0.4, -0.2) is 5.91 Å². The van der Waals surface area contributed by atoms with Crippen LogP contribution in [0.1, 0.15) is 66.6 Å². The third kappa shape index (κ3) is 3.03. The molecule has 0 bridgehead atoms. The summed E-state index contributed by atoms with van der Waals surface area (Å²) >= 11 is 0. The molecule has 0 fully saturated rings. The van der Waals surface area contributed by atoms with E-state index in [1.165, 1.54) is 6.07 Å². The van der Waals surface area contributed by atoms with Gasteiger partial charge in [0.1, 0.15) is 5.82 Å². The Morgan fingerprint density at radius 3 is 2.56 bits per heavy atom. The molecule has 5 heteroatoms. The first-order valence-corrected chi connectivity index (χ1v) is 8.23. The molecule has 0 aromatic heterocycles. The molecule has 132 valence electrons. The summed E-state index contributed by atoms with van der Waals surface area (Å²) in [5, 5.41) is 2.65. The molecule has 2 aromatic carbocycles. The average Bonchev–Trinajstić information content (AvgIpc) is 2.77. The number of anilines is 1. The zero-order chi connectivity index (χ0) is 18.4. The number of hydrogen-bond donors (Lipinski definition) is 1. The zero-order valence-electron chi connectivity index (χ0n) is 14.4. The van der Waals surface area contributed by atoms with Crippen molar-refractivity contribution in [1.29, 1.82) is 0 Å². The van der Waals surface area contributed by atoms with E-state index in [0.29, 0.717) is 5.69 Å². The number of carbonyl (C=O) groups is 1. The van der Waals surface area contributed by atoms with Crippen LogP contribution in [0.25, 0.3) is 0 Å². The maximum absolute atomic E-state index is 14.0. The van der Waals surface area contributed by atoms with Gasteiger partial charge in [0, 0.05) is 11.3 Å². The van der Waals surface area contributed by atoms with Crippen molar-refractivity contribution in [3.63, 3.8) is 0 Å². The van der Waals surface area contributed by atoms with Gasteiger partial charge in [0.15, 0.2) is 0 Å². The topological polar surface area (TPSA) is 29.1 Å². The second kappa shape index (κ2) is 6.21. The van der Waals surface area contributed by atoms with Gasteiger partial charge in [0.05, 0.1) is 5.56 Å². The van der Waals surface area contributed by atoms with Gasteiger partial charge < -0.3 is 5.32 Å². The van der Waals surface area contributed by atoms with E-state index in [0.717, 1.165) is 29.7 Å². The molecule has 0 heterocycles. The van der Waals surface area contributed by atoms with E-state index in [9.17, 15) is 18.0 Å². The van der Waals surface area contributed by atoms with E-state index >= 15 is 0 Å². The highest BCUT2D eigenvalue weighted by atomic mass is 19.3. The van der Waals surface area contributed by atoms with Gasteiger partial charge in [-0.2, -0.15) is 0 Å². The summed E-state index contributed by atoms with van der Waals surface area (Å²) in [7, 11) is 0. The second-order valence-corrected chi connectivity index (χ2v) is 7.21. The number of hydrogen-bond acceptors (Lipinski definition) is 1. The van der Waals surface area contributed by atoms with E-state index < -0.39 is 29.3 Å². The molecule has 0 saturated heterocycles. The fourth-order valence-electron chi connectivity index (χ4n) is 3.92. The molecule has 1 unspecified atom stereocenters. The van der Waals surface area contributed by atoms with Crippen molar-refractivity contribution in [3.8, 4) is 0 Å². The number of alkyl halides is 2. The Morgan fingerprint density at radius 1 is 1.20 bits per heavy atom. The Balaban J connectivity index is 2.01. The van der Waals surface area contributed by atoms with E-state index in [-0.39, 0.29) is 11.3 Å². The molecule has 1 aliphatic carbocycles. The van der Waals surface area contributed by atoms with Crippen molar-refractivity contribution >= 4 is 11.6 Å². The van der Waals surface area contributed by atoms with Crippen LogP contribution >= 0.6 is 0 Å². The summed E-state index contributed by atoms with van der Waals surface area (Å²) in [6, 6.07) is 8.84. The molecule has 1 N–H and O–H groups in total. The highest BCUT2D eigenvalue weighted by molar-refractivity contribution is 6.06. The minimum atomic E-state index is -2.92. The predicted octanol–water partition coefficient (Wildman–Crippen LogP) is 5.80. The summed E-state index contributed by atoms with van der Waals surface area (Å²) in [5.74, 6) is -1.58. The van der Waals surface area contributed by atoms with Gasteiger partial charge in [0.25, 0.3) is 12.3 Å². The number of fused-ring (bicyclic) bond motifs is 1. The minimum absolute atomic E-state index is 0.0262. The quantitative estimate of drug-likeness (QED) is 0.747. The van der Waals surface area contributed by atoms with Gasteiger partial charge in [-0.25, -0.2) is 13.2 Å². The van der Waals surface area contributed by atoms with E-state index in [1.807, 2.05) is 12.1 Å². The van der Waals surface area contributed by atoms with Gasteiger partial charge in [0.2, 0.25) is 0 Å². The highest BCUT2D eigenvalue weighted by Crippen LogP contribution is 2.48. The molecular formula is C20H20F3NO. The molecule has 2 aromatic rings. The van der Waals surface area contributed by atoms with Crippen LogP contribution in [0.15, 0.2) is 36.4 Å². The van der Waals surface area contributed by atoms with Crippen molar-refractivity contribution in [3.05, 3.63) is 64.5 Å². The van der Waals surface area contributed by atoms with Crippen molar-refractivity contribution in [2.45, 2.75) is 45.0 Å². The lowest BCUT2D eigenvalue weighted by molar-refractivity contribution is 0.100. The normalized spacial score (nSPS) is 18.3. The number of nitrogens with one attached hydrogen (secondary N) is 1. The first-order valence-electron chi connectivity index (χ1n) is 8.23. The van der Waals surface area contributed by atoms with Gasteiger partial charge in [-0.05, 0) is 41.0 Å². The molecule has 0 saturated carbocycles. The molecule has 0 spiro atoms. The van der Waals surface area contributed by atoms with Crippen LogP contribution in [0.5, 0.6) is 0 Å². The first kappa shape index (κ1) is 17.5. The Hall–Kier alpha value is -2.30. The number of halogens is 3. The second-order valence-electron chi connectivity index (χ2n) is 7.21. The number of amides is 1. The molecule has 0 radical (unpaired) electrons. The lowest BCUT2D eigenvalue weighted by Crippen LogP contribution is -2.18. The summed E-state index contributed by atoms with van der Waals surface area (Å²) in [5.41, 5.74) is 1.46. The van der Waals surface area contributed by atoms with Crippen LogP contribution in [0.3, 0.4) is 0 Å². The highest BCUT2D eigenvalue weighted by Gasteiger charge is 2.36. The van der Waals surface area contributed by atoms with Gasteiger partial charge in [-0.15, -0.1) is 0 Å². The fraction of sp³-hybridized carbons (Fsp3) is 0.350. The third-order valence-corrected chi connectivity index (χ3v) is 4.90. The predicted molar refractivity (Wildman–Crippen MR) is 91.8 cm³/mol. The molecule has 1 aliphatic rings. The van der Waals surface area contributed by atoms with Gasteiger partial charge >= 0.3 is 0 Å². The summed E-state index contributed by atoms with van der Waals surface area (Å²) in [6.45, 7) is 6.33. The Labute approximate surface area is 145 Å². The lowest BCUT2D eigenvalue weighted by atomic mass is 9.86. The van der Waals surface area contributed by atoms with E-state index in [2.05, 4.69) is 26.1 Å². The van der Waals surface area contributed by atoms with Crippen LogP contribution < -0.4 is 5.32 Å². The molecule has 1 atom stereocenters. The summed E-state index contributed by atoms with van der Waals surface area (Å²) in [4.78, 5) is 12.5. The van der Waals surface area contributed by atoms with Crippen molar-refractivity contribution < 1.29 is 18.0 Å². The lowest BCUT2D eigenvalue weighted by Gasteiger charge is -2.19. The molecule has 3 rings (SSSR count). The van der Waals surface area contributed by atoms with E-state index in [4.69, 9.17) is 0 Å². The average molecular weight is 347 g/mol. The van der Waals surface area contributed by atoms with Crippen LogP contribution in [0.2, 0.25) is 0 Å². The molecule has 2 nitrogen and oxygen atoms in total. The molecule has 1 amide bonds. The van der Waals surface area contributed by atoms with Crippen molar-refractivity contribution in [1.82, 2.24) is 0 Å². The molecular weight excluding hydrogens is 327 g/mol. The van der Waals surface area contributed by atoms with Crippen LogP contribution in [0, 0.1) is 5.82 Å². The van der Waals surface area contributed by atoms with Gasteiger partial charge in [-0.3, -0.25) is 4.79 Å². The zero-order valence-corrected chi connectivity index (χ0v) is 14.4. The SMILES string of the molecule is CC1CC(C)(C)c2cccc(NC(=O)c3c(F)cccc3C(F)F)c21. The Kier molecular flexibility index (Phi) is 4.35. The number of rotatable bonds is 3.